The molecule has 0 radical (unpaired) electrons. The van der Waals surface area contributed by atoms with E-state index in [-0.39, 0.29) is 0 Å². The minimum atomic E-state index is -0.777. The Kier molecular flexibility index (Phi) is 4.43. The Morgan fingerprint density at radius 2 is 2.00 bits per heavy atom. The first kappa shape index (κ1) is 10.7. The molecule has 0 amide bonds. The zero-order valence-corrected chi connectivity index (χ0v) is 8.85. The third-order valence-corrected chi connectivity index (χ3v) is 3.62. The number of piperazine rings is 1. The molecule has 1 unspecified atom stereocenters. The van der Waals surface area contributed by atoms with Crippen molar-refractivity contribution in [2.75, 3.05) is 38.5 Å². The lowest BCUT2D eigenvalue weighted by molar-refractivity contribution is 0.212. The first-order valence-corrected chi connectivity index (χ1v) is 5.84. The van der Waals surface area contributed by atoms with Crippen molar-refractivity contribution in [3.8, 4) is 12.3 Å². The maximum Gasteiger partial charge on any atom is 0.0940 e. The molecule has 1 rings (SSSR count). The van der Waals surface area contributed by atoms with Gasteiger partial charge in [-0.1, -0.05) is 12.8 Å². The molecule has 0 N–H and O–H groups in total. The Morgan fingerprint density at radius 1 is 1.38 bits per heavy atom. The van der Waals surface area contributed by atoms with Crippen LogP contribution in [-0.4, -0.2) is 51.9 Å². The molecule has 0 aromatic heterocycles. The molecule has 0 bridgehead atoms. The molecule has 1 saturated heterocycles. The molecule has 1 aliphatic heterocycles. The fourth-order valence-corrected chi connectivity index (χ4v) is 2.34. The fraction of sp³-hybridized carbons (Fsp3) is 0.778. The molecule has 1 fully saturated rings. The van der Waals surface area contributed by atoms with Crippen LogP contribution in [0.25, 0.3) is 0 Å². The van der Waals surface area contributed by atoms with Gasteiger partial charge in [0.15, 0.2) is 0 Å². The van der Waals surface area contributed by atoms with Crippen molar-refractivity contribution < 1.29 is 4.21 Å². The highest BCUT2D eigenvalue weighted by atomic mass is 32.2. The van der Waals surface area contributed by atoms with Gasteiger partial charge in [-0.25, -0.2) is 8.51 Å². The largest absolute Gasteiger partial charge is 0.290 e. The van der Waals surface area contributed by atoms with Crippen LogP contribution < -0.4 is 0 Å². The van der Waals surface area contributed by atoms with Crippen molar-refractivity contribution in [2.45, 2.75) is 6.92 Å². The number of terminal acetylenes is 1. The van der Waals surface area contributed by atoms with Crippen LogP contribution in [-0.2, 0) is 11.0 Å². The summed E-state index contributed by atoms with van der Waals surface area (Å²) in [7, 11) is -0.777. The Bertz CT molecular complexity index is 216. The third kappa shape index (κ3) is 3.11. The minimum absolute atomic E-state index is 0.715. The summed E-state index contributed by atoms with van der Waals surface area (Å²) in [5, 5.41) is 0. The van der Waals surface area contributed by atoms with Crippen molar-refractivity contribution in [1.82, 2.24) is 9.21 Å². The SMILES string of the molecule is C#CCN1CCN(S(=O)CC)CC1. The Hall–Kier alpha value is -0.370. The molecule has 1 atom stereocenters. The van der Waals surface area contributed by atoms with Crippen molar-refractivity contribution in [3.05, 3.63) is 0 Å². The van der Waals surface area contributed by atoms with Crippen LogP contribution in [0.5, 0.6) is 0 Å². The van der Waals surface area contributed by atoms with Crippen LogP contribution in [0.4, 0.5) is 0 Å². The molecule has 0 saturated carbocycles. The number of hydrogen-bond acceptors (Lipinski definition) is 2. The van der Waals surface area contributed by atoms with Crippen LogP contribution in [0.15, 0.2) is 0 Å². The normalized spacial score (nSPS) is 22.5. The highest BCUT2D eigenvalue weighted by Gasteiger charge is 2.18. The van der Waals surface area contributed by atoms with E-state index < -0.39 is 11.0 Å². The van der Waals surface area contributed by atoms with Crippen LogP contribution in [0.1, 0.15) is 6.92 Å². The van der Waals surface area contributed by atoms with Crippen LogP contribution in [0.3, 0.4) is 0 Å². The molecule has 0 spiro atoms. The van der Waals surface area contributed by atoms with E-state index in [1.165, 1.54) is 0 Å². The van der Waals surface area contributed by atoms with Crippen molar-refractivity contribution in [3.63, 3.8) is 0 Å². The highest BCUT2D eigenvalue weighted by molar-refractivity contribution is 7.82. The summed E-state index contributed by atoms with van der Waals surface area (Å²) in [6.45, 7) is 6.30. The van der Waals surface area contributed by atoms with Gasteiger partial charge in [-0.3, -0.25) is 4.90 Å². The summed E-state index contributed by atoms with van der Waals surface area (Å²) in [6.07, 6.45) is 5.21. The van der Waals surface area contributed by atoms with Crippen LogP contribution in [0, 0.1) is 12.3 Å². The Morgan fingerprint density at radius 3 is 2.46 bits per heavy atom. The van der Waals surface area contributed by atoms with Crippen molar-refractivity contribution >= 4 is 11.0 Å². The van der Waals surface area contributed by atoms with Gasteiger partial charge in [0.25, 0.3) is 0 Å². The van der Waals surface area contributed by atoms with Gasteiger partial charge in [0.1, 0.15) is 0 Å². The second kappa shape index (κ2) is 5.38. The summed E-state index contributed by atoms with van der Waals surface area (Å²) >= 11 is 0. The molecule has 74 valence electrons. The van der Waals surface area contributed by atoms with Gasteiger partial charge < -0.3 is 0 Å². The molecule has 13 heavy (non-hydrogen) atoms. The van der Waals surface area contributed by atoms with E-state index in [1.807, 2.05) is 11.2 Å². The van der Waals surface area contributed by atoms with Gasteiger partial charge in [-0.2, -0.15) is 0 Å². The summed E-state index contributed by atoms with van der Waals surface area (Å²) in [4.78, 5) is 2.21. The van der Waals surface area contributed by atoms with Crippen LogP contribution >= 0.6 is 0 Å². The van der Waals surface area contributed by atoms with Gasteiger partial charge in [-0.15, -0.1) is 6.42 Å². The zero-order chi connectivity index (χ0) is 9.68. The fourth-order valence-electron chi connectivity index (χ4n) is 1.40. The second-order valence-electron chi connectivity index (χ2n) is 3.02. The van der Waals surface area contributed by atoms with Crippen LogP contribution in [0.2, 0.25) is 0 Å². The monoisotopic (exact) mass is 200 g/mol. The van der Waals surface area contributed by atoms with Gasteiger partial charge in [0.2, 0.25) is 0 Å². The highest BCUT2D eigenvalue weighted by Crippen LogP contribution is 2.03. The average Bonchev–Trinajstić information content (AvgIpc) is 2.18. The lowest BCUT2D eigenvalue weighted by Crippen LogP contribution is -2.47. The second-order valence-corrected chi connectivity index (χ2v) is 4.76. The maximum absolute atomic E-state index is 11.4. The first-order chi connectivity index (χ1) is 6.27. The van der Waals surface area contributed by atoms with E-state index in [0.29, 0.717) is 6.54 Å². The standard InChI is InChI=1S/C9H16N2OS/c1-3-5-10-6-8-11(9-7-10)13(12)4-2/h1H,4-9H2,2H3. The topological polar surface area (TPSA) is 23.6 Å². The lowest BCUT2D eigenvalue weighted by atomic mass is 10.4. The molecule has 1 heterocycles. The Balaban J connectivity index is 2.31. The number of hydrogen-bond donors (Lipinski definition) is 0. The maximum atomic E-state index is 11.4. The summed E-state index contributed by atoms with van der Waals surface area (Å²) in [6, 6.07) is 0. The molecule has 0 aromatic rings. The lowest BCUT2D eigenvalue weighted by Gasteiger charge is -2.32. The summed E-state index contributed by atoms with van der Waals surface area (Å²) in [5.74, 6) is 3.34. The number of rotatable bonds is 3. The van der Waals surface area contributed by atoms with E-state index in [2.05, 4.69) is 10.8 Å². The quantitative estimate of drug-likeness (QED) is 0.595. The number of nitrogens with zero attached hydrogens (tertiary/aromatic N) is 2. The predicted molar refractivity (Wildman–Crippen MR) is 55.5 cm³/mol. The van der Waals surface area contributed by atoms with E-state index >= 15 is 0 Å². The van der Waals surface area contributed by atoms with E-state index in [1.54, 1.807) is 0 Å². The van der Waals surface area contributed by atoms with Gasteiger partial charge in [-0.05, 0) is 0 Å². The van der Waals surface area contributed by atoms with Gasteiger partial charge in [0, 0.05) is 31.9 Å². The average molecular weight is 200 g/mol. The third-order valence-electron chi connectivity index (χ3n) is 2.18. The molecular formula is C9H16N2OS. The molecule has 4 heteroatoms. The Labute approximate surface area is 82.7 Å². The molecule has 0 aromatic carbocycles. The zero-order valence-electron chi connectivity index (χ0n) is 8.03. The van der Waals surface area contributed by atoms with E-state index in [0.717, 1.165) is 31.9 Å². The van der Waals surface area contributed by atoms with Gasteiger partial charge in [0.05, 0.1) is 17.5 Å². The van der Waals surface area contributed by atoms with E-state index in [4.69, 9.17) is 6.42 Å². The van der Waals surface area contributed by atoms with E-state index in [9.17, 15) is 4.21 Å². The smallest absolute Gasteiger partial charge is 0.0940 e. The molecular weight excluding hydrogens is 184 g/mol. The molecule has 3 nitrogen and oxygen atoms in total. The first-order valence-electron chi connectivity index (χ1n) is 4.57. The molecule has 0 aliphatic carbocycles. The van der Waals surface area contributed by atoms with Crippen molar-refractivity contribution in [2.24, 2.45) is 0 Å². The molecule has 1 aliphatic rings. The summed E-state index contributed by atoms with van der Waals surface area (Å²) in [5.41, 5.74) is 0. The van der Waals surface area contributed by atoms with Gasteiger partial charge >= 0.3 is 0 Å². The summed E-state index contributed by atoms with van der Waals surface area (Å²) < 4.78 is 13.4. The predicted octanol–water partition coefficient (Wildman–Crippen LogP) is -0.0792. The minimum Gasteiger partial charge on any atom is -0.290 e. The van der Waals surface area contributed by atoms with Crippen molar-refractivity contribution in [1.29, 1.82) is 0 Å².